The second-order valence-electron chi connectivity index (χ2n) is 5.24. The van der Waals surface area contributed by atoms with Gasteiger partial charge in [0, 0.05) is 18.6 Å². The lowest BCUT2D eigenvalue weighted by Crippen LogP contribution is -2.50. The highest BCUT2D eigenvalue weighted by molar-refractivity contribution is 5.85. The first-order valence-corrected chi connectivity index (χ1v) is 7.05. The Labute approximate surface area is 126 Å². The molecule has 0 spiro atoms. The highest BCUT2D eigenvalue weighted by Crippen LogP contribution is 2.19. The van der Waals surface area contributed by atoms with E-state index < -0.39 is 0 Å². The summed E-state index contributed by atoms with van der Waals surface area (Å²) in [7, 11) is 0. The van der Waals surface area contributed by atoms with E-state index in [9.17, 15) is 4.39 Å². The maximum absolute atomic E-state index is 13.4. The highest BCUT2D eigenvalue weighted by Gasteiger charge is 2.24. The average Bonchev–Trinajstić information content (AvgIpc) is 2.41. The second-order valence-corrected chi connectivity index (χ2v) is 5.24. The Bertz CT molecular complexity index is 403. The van der Waals surface area contributed by atoms with Crippen molar-refractivity contribution in [3.05, 3.63) is 30.1 Å². The number of rotatable bonds is 5. The van der Waals surface area contributed by atoms with Gasteiger partial charge >= 0.3 is 0 Å². The van der Waals surface area contributed by atoms with E-state index in [1.54, 1.807) is 18.2 Å². The van der Waals surface area contributed by atoms with Gasteiger partial charge in [0.15, 0.2) is 11.6 Å². The molecule has 1 saturated heterocycles. The summed E-state index contributed by atoms with van der Waals surface area (Å²) in [4.78, 5) is 2.37. The number of hydrogen-bond acceptors (Lipinski definition) is 3. The standard InChI is InChI=1S/C15H23FN2O.ClH/c1-12(17)14-7-4-5-9-18(14)10-11-19-15-8-3-2-6-13(15)16;/h2-3,6,8,12,14H,4-5,7,9-11,17H2,1H3;1H. The summed E-state index contributed by atoms with van der Waals surface area (Å²) in [6.45, 7) is 4.43. The molecular weight excluding hydrogens is 279 g/mol. The molecule has 114 valence electrons. The van der Waals surface area contributed by atoms with Gasteiger partial charge in [-0.3, -0.25) is 4.90 Å². The second kappa shape index (κ2) is 8.45. The lowest BCUT2D eigenvalue weighted by Gasteiger charge is -2.37. The summed E-state index contributed by atoms with van der Waals surface area (Å²) >= 11 is 0. The Morgan fingerprint density at radius 3 is 2.85 bits per heavy atom. The summed E-state index contributed by atoms with van der Waals surface area (Å²) in [6.07, 6.45) is 3.61. The smallest absolute Gasteiger partial charge is 0.165 e. The van der Waals surface area contributed by atoms with E-state index in [4.69, 9.17) is 10.5 Å². The summed E-state index contributed by atoms with van der Waals surface area (Å²) in [5.74, 6) is 0.0294. The van der Waals surface area contributed by atoms with Crippen molar-refractivity contribution in [1.82, 2.24) is 4.90 Å². The molecule has 3 nitrogen and oxygen atoms in total. The van der Waals surface area contributed by atoms with E-state index >= 15 is 0 Å². The van der Waals surface area contributed by atoms with Crippen LogP contribution in [0.25, 0.3) is 0 Å². The molecule has 2 atom stereocenters. The Hall–Kier alpha value is -0.840. The van der Waals surface area contributed by atoms with Crippen LogP contribution in [-0.2, 0) is 0 Å². The van der Waals surface area contributed by atoms with Crippen molar-refractivity contribution >= 4 is 12.4 Å². The van der Waals surface area contributed by atoms with Gasteiger partial charge in [0.05, 0.1) is 0 Å². The first-order chi connectivity index (χ1) is 9.18. The van der Waals surface area contributed by atoms with Crippen LogP contribution in [0.5, 0.6) is 5.75 Å². The maximum Gasteiger partial charge on any atom is 0.165 e. The fourth-order valence-electron chi connectivity index (χ4n) is 2.72. The molecule has 1 aliphatic rings. The van der Waals surface area contributed by atoms with Crippen molar-refractivity contribution in [2.45, 2.75) is 38.3 Å². The molecule has 1 heterocycles. The van der Waals surface area contributed by atoms with Crippen LogP contribution in [0, 0.1) is 5.82 Å². The van der Waals surface area contributed by atoms with Crippen LogP contribution in [-0.4, -0.2) is 36.7 Å². The predicted molar refractivity (Wildman–Crippen MR) is 82.0 cm³/mol. The van der Waals surface area contributed by atoms with Crippen molar-refractivity contribution < 1.29 is 9.13 Å². The molecule has 5 heteroatoms. The van der Waals surface area contributed by atoms with E-state index in [0.29, 0.717) is 18.4 Å². The summed E-state index contributed by atoms with van der Waals surface area (Å²) < 4.78 is 18.9. The van der Waals surface area contributed by atoms with Crippen molar-refractivity contribution in [3.8, 4) is 5.75 Å². The SMILES string of the molecule is CC(N)C1CCCCN1CCOc1ccccc1F.Cl. The van der Waals surface area contributed by atoms with Gasteiger partial charge in [-0.05, 0) is 38.4 Å². The molecule has 0 amide bonds. The highest BCUT2D eigenvalue weighted by atomic mass is 35.5. The van der Waals surface area contributed by atoms with Gasteiger partial charge in [-0.25, -0.2) is 4.39 Å². The van der Waals surface area contributed by atoms with Crippen molar-refractivity contribution in [2.24, 2.45) is 5.73 Å². The van der Waals surface area contributed by atoms with Crippen LogP contribution in [0.1, 0.15) is 26.2 Å². The van der Waals surface area contributed by atoms with Crippen molar-refractivity contribution in [3.63, 3.8) is 0 Å². The van der Waals surface area contributed by atoms with Crippen LogP contribution >= 0.6 is 12.4 Å². The quantitative estimate of drug-likeness (QED) is 0.909. The molecule has 0 bridgehead atoms. The van der Waals surface area contributed by atoms with Crippen LogP contribution in [0.4, 0.5) is 4.39 Å². The molecule has 2 unspecified atom stereocenters. The molecule has 2 N–H and O–H groups in total. The Balaban J connectivity index is 0.00000200. The molecular formula is C15H24ClFN2O. The molecule has 0 aromatic heterocycles. The summed E-state index contributed by atoms with van der Waals surface area (Å²) in [5.41, 5.74) is 6.02. The fraction of sp³-hybridized carbons (Fsp3) is 0.600. The number of likely N-dealkylation sites (tertiary alicyclic amines) is 1. The number of halogens is 2. The van der Waals surface area contributed by atoms with E-state index in [-0.39, 0.29) is 24.3 Å². The summed E-state index contributed by atoms with van der Waals surface area (Å²) in [5, 5.41) is 0. The molecule has 2 rings (SSSR count). The average molecular weight is 303 g/mol. The van der Waals surface area contributed by atoms with Crippen molar-refractivity contribution in [2.75, 3.05) is 19.7 Å². The van der Waals surface area contributed by atoms with Crippen LogP contribution in [0.3, 0.4) is 0 Å². The molecule has 0 aliphatic carbocycles. The van der Waals surface area contributed by atoms with E-state index in [1.165, 1.54) is 18.9 Å². The van der Waals surface area contributed by atoms with Gasteiger partial charge in [-0.1, -0.05) is 18.6 Å². The Morgan fingerprint density at radius 1 is 1.40 bits per heavy atom. The largest absolute Gasteiger partial charge is 0.489 e. The van der Waals surface area contributed by atoms with Crippen LogP contribution in [0.15, 0.2) is 24.3 Å². The first kappa shape index (κ1) is 17.2. The lowest BCUT2D eigenvalue weighted by molar-refractivity contribution is 0.108. The summed E-state index contributed by atoms with van der Waals surface area (Å²) in [6, 6.07) is 7.13. The number of para-hydroxylation sites is 1. The van der Waals surface area contributed by atoms with Gasteiger partial charge in [0.2, 0.25) is 0 Å². The van der Waals surface area contributed by atoms with Gasteiger partial charge in [0.25, 0.3) is 0 Å². The maximum atomic E-state index is 13.4. The minimum atomic E-state index is -0.301. The third-order valence-corrected chi connectivity index (χ3v) is 3.74. The zero-order chi connectivity index (χ0) is 13.7. The molecule has 1 aromatic carbocycles. The van der Waals surface area contributed by atoms with Gasteiger partial charge in [-0.15, -0.1) is 12.4 Å². The zero-order valence-corrected chi connectivity index (χ0v) is 12.7. The number of nitrogens with zero attached hydrogens (tertiary/aromatic N) is 1. The molecule has 1 fully saturated rings. The normalized spacial score (nSPS) is 21.1. The van der Waals surface area contributed by atoms with Gasteiger partial charge in [-0.2, -0.15) is 0 Å². The van der Waals surface area contributed by atoms with E-state index in [1.807, 2.05) is 0 Å². The zero-order valence-electron chi connectivity index (χ0n) is 11.9. The minimum Gasteiger partial charge on any atom is -0.489 e. The van der Waals surface area contributed by atoms with E-state index in [2.05, 4.69) is 11.8 Å². The van der Waals surface area contributed by atoms with Gasteiger partial charge in [0.1, 0.15) is 6.61 Å². The number of benzene rings is 1. The molecule has 1 aliphatic heterocycles. The first-order valence-electron chi connectivity index (χ1n) is 7.05. The fourth-order valence-corrected chi connectivity index (χ4v) is 2.72. The van der Waals surface area contributed by atoms with Crippen LogP contribution < -0.4 is 10.5 Å². The van der Waals surface area contributed by atoms with Crippen LogP contribution in [0.2, 0.25) is 0 Å². The number of piperidine rings is 1. The monoisotopic (exact) mass is 302 g/mol. The minimum absolute atomic E-state index is 0. The Kier molecular flexibility index (Phi) is 7.27. The number of hydrogen-bond donors (Lipinski definition) is 1. The topological polar surface area (TPSA) is 38.5 Å². The predicted octanol–water partition coefficient (Wildman–Crippen LogP) is 2.83. The third-order valence-electron chi connectivity index (χ3n) is 3.74. The van der Waals surface area contributed by atoms with Gasteiger partial charge < -0.3 is 10.5 Å². The third kappa shape index (κ3) is 4.62. The van der Waals surface area contributed by atoms with E-state index in [0.717, 1.165) is 19.5 Å². The molecule has 0 saturated carbocycles. The molecule has 1 aromatic rings. The molecule has 20 heavy (non-hydrogen) atoms. The number of nitrogens with two attached hydrogens (primary N) is 1. The lowest BCUT2D eigenvalue weighted by atomic mass is 9.97. The van der Waals surface area contributed by atoms with Crippen molar-refractivity contribution in [1.29, 1.82) is 0 Å². The number of ether oxygens (including phenoxy) is 1. The molecule has 0 radical (unpaired) electrons. The Morgan fingerprint density at radius 2 is 2.15 bits per heavy atom.